The van der Waals surface area contributed by atoms with E-state index in [2.05, 4.69) is 5.32 Å². The number of carbonyl (C=O) groups excluding carboxylic acids is 2. The van der Waals surface area contributed by atoms with Crippen LogP contribution in [0.2, 0.25) is 0 Å². The van der Waals surface area contributed by atoms with Crippen LogP contribution in [-0.2, 0) is 4.79 Å². The normalized spacial score (nSPS) is 23.4. The van der Waals surface area contributed by atoms with E-state index in [0.717, 1.165) is 12.8 Å². The maximum atomic E-state index is 12.7. The molecular formula is C19H28N2O3. The zero-order valence-electron chi connectivity index (χ0n) is 14.8. The maximum absolute atomic E-state index is 12.7. The highest BCUT2D eigenvalue weighted by Crippen LogP contribution is 2.31. The quantitative estimate of drug-likeness (QED) is 0.867. The number of piperidine rings is 1. The fourth-order valence-electron chi connectivity index (χ4n) is 3.04. The molecule has 3 unspecified atom stereocenters. The Morgan fingerprint density at radius 1 is 1.29 bits per heavy atom. The van der Waals surface area contributed by atoms with E-state index in [9.17, 15) is 14.7 Å². The zero-order valence-corrected chi connectivity index (χ0v) is 14.8. The van der Waals surface area contributed by atoms with Gasteiger partial charge in [0.1, 0.15) is 0 Å². The summed E-state index contributed by atoms with van der Waals surface area (Å²) >= 11 is 0. The van der Waals surface area contributed by atoms with E-state index in [1.54, 1.807) is 17.0 Å². The van der Waals surface area contributed by atoms with Crippen LogP contribution in [0.4, 0.5) is 0 Å². The molecule has 5 heteroatoms. The average Bonchev–Trinajstić information content (AvgIpc) is 2.61. The first-order valence-corrected chi connectivity index (χ1v) is 8.63. The zero-order chi connectivity index (χ0) is 17.7. The third kappa shape index (κ3) is 4.15. The van der Waals surface area contributed by atoms with Crippen molar-refractivity contribution in [3.63, 3.8) is 0 Å². The summed E-state index contributed by atoms with van der Waals surface area (Å²) in [5.74, 6) is -0.0600. The number of aliphatic hydroxyl groups excluding tert-OH is 1. The van der Waals surface area contributed by atoms with Gasteiger partial charge in [-0.3, -0.25) is 9.59 Å². The Bertz CT molecular complexity index is 575. The van der Waals surface area contributed by atoms with E-state index in [1.807, 2.05) is 39.0 Å². The van der Waals surface area contributed by atoms with E-state index in [1.165, 1.54) is 0 Å². The molecule has 1 heterocycles. The Balaban J connectivity index is 2.05. The highest BCUT2D eigenvalue weighted by atomic mass is 16.3. The van der Waals surface area contributed by atoms with Gasteiger partial charge in [-0.2, -0.15) is 0 Å². The average molecular weight is 332 g/mol. The number of benzene rings is 1. The van der Waals surface area contributed by atoms with E-state index in [4.69, 9.17) is 0 Å². The van der Waals surface area contributed by atoms with Crippen LogP contribution in [0, 0.1) is 11.3 Å². The Hall–Kier alpha value is -1.88. The first-order chi connectivity index (χ1) is 11.4. The van der Waals surface area contributed by atoms with E-state index < -0.39 is 5.41 Å². The van der Waals surface area contributed by atoms with Gasteiger partial charge in [0.2, 0.25) is 5.91 Å². The van der Waals surface area contributed by atoms with Crippen molar-refractivity contribution < 1.29 is 14.7 Å². The molecule has 1 fully saturated rings. The summed E-state index contributed by atoms with van der Waals surface area (Å²) in [7, 11) is 0. The predicted octanol–water partition coefficient (Wildman–Crippen LogP) is 2.06. The number of carbonyl (C=O) groups is 2. The second-order valence-corrected chi connectivity index (χ2v) is 7.18. The van der Waals surface area contributed by atoms with Crippen LogP contribution in [0.3, 0.4) is 0 Å². The van der Waals surface area contributed by atoms with Crippen molar-refractivity contribution in [2.45, 2.75) is 39.7 Å². The smallest absolute Gasteiger partial charge is 0.253 e. The number of nitrogens with one attached hydrogen (secondary N) is 1. The number of rotatable bonds is 5. The standard InChI is InChI=1S/C19H28N2O3/c1-14(12-22)15(2)20-18(24)19(3)10-7-11-21(13-19)17(23)16-8-5-4-6-9-16/h4-6,8-9,14-15,22H,7,10-13H2,1-3H3,(H,20,24). The number of hydrogen-bond donors (Lipinski definition) is 2. The number of nitrogens with zero attached hydrogens (tertiary/aromatic N) is 1. The molecule has 5 nitrogen and oxygen atoms in total. The molecule has 2 N–H and O–H groups in total. The SMILES string of the molecule is CC(CO)C(C)NC(=O)C1(C)CCCN(C(=O)c2ccccc2)C1. The molecule has 1 aromatic carbocycles. The number of amides is 2. The van der Waals surface area contributed by atoms with E-state index in [-0.39, 0.29) is 30.4 Å². The van der Waals surface area contributed by atoms with Gasteiger partial charge in [-0.05, 0) is 44.7 Å². The summed E-state index contributed by atoms with van der Waals surface area (Å²) < 4.78 is 0. The van der Waals surface area contributed by atoms with Gasteiger partial charge in [0, 0.05) is 31.3 Å². The minimum atomic E-state index is -0.591. The third-order valence-corrected chi connectivity index (χ3v) is 5.05. The molecule has 0 bridgehead atoms. The van der Waals surface area contributed by atoms with E-state index >= 15 is 0 Å². The van der Waals surface area contributed by atoms with Crippen LogP contribution >= 0.6 is 0 Å². The molecule has 0 spiro atoms. The van der Waals surface area contributed by atoms with Gasteiger partial charge in [-0.25, -0.2) is 0 Å². The highest BCUT2D eigenvalue weighted by Gasteiger charge is 2.40. The summed E-state index contributed by atoms with van der Waals surface area (Å²) in [5.41, 5.74) is 0.0657. The summed E-state index contributed by atoms with van der Waals surface area (Å²) in [5, 5.41) is 12.2. The molecule has 132 valence electrons. The van der Waals surface area contributed by atoms with Crippen LogP contribution in [0.15, 0.2) is 30.3 Å². The molecule has 2 amide bonds. The van der Waals surface area contributed by atoms with Crippen LogP contribution in [0.5, 0.6) is 0 Å². The molecule has 0 radical (unpaired) electrons. The van der Waals surface area contributed by atoms with Crippen molar-refractivity contribution in [3.8, 4) is 0 Å². The van der Waals surface area contributed by atoms with Crippen LogP contribution in [0.25, 0.3) is 0 Å². The predicted molar refractivity (Wildman–Crippen MR) is 93.5 cm³/mol. The number of aliphatic hydroxyl groups is 1. The van der Waals surface area contributed by atoms with Gasteiger partial charge in [0.05, 0.1) is 5.41 Å². The Morgan fingerprint density at radius 2 is 1.96 bits per heavy atom. The lowest BCUT2D eigenvalue weighted by atomic mass is 9.80. The number of hydrogen-bond acceptors (Lipinski definition) is 3. The van der Waals surface area contributed by atoms with Gasteiger partial charge in [-0.15, -0.1) is 0 Å². The first-order valence-electron chi connectivity index (χ1n) is 8.63. The lowest BCUT2D eigenvalue weighted by Gasteiger charge is -2.40. The minimum absolute atomic E-state index is 0.00296. The molecule has 1 aliphatic heterocycles. The molecule has 0 saturated carbocycles. The molecule has 1 aromatic rings. The second-order valence-electron chi connectivity index (χ2n) is 7.18. The van der Waals surface area contributed by atoms with Gasteiger partial charge >= 0.3 is 0 Å². The van der Waals surface area contributed by atoms with E-state index in [0.29, 0.717) is 18.7 Å². The Kier molecular flexibility index (Phi) is 5.99. The fraction of sp³-hybridized carbons (Fsp3) is 0.579. The van der Waals surface area contributed by atoms with Crippen molar-refractivity contribution in [1.82, 2.24) is 10.2 Å². The second kappa shape index (κ2) is 7.79. The Labute approximate surface area is 144 Å². The summed E-state index contributed by atoms with van der Waals surface area (Å²) in [6.45, 7) is 6.86. The fourth-order valence-corrected chi connectivity index (χ4v) is 3.04. The largest absolute Gasteiger partial charge is 0.396 e. The molecule has 3 atom stereocenters. The Morgan fingerprint density at radius 3 is 2.58 bits per heavy atom. The minimum Gasteiger partial charge on any atom is -0.396 e. The maximum Gasteiger partial charge on any atom is 0.253 e. The molecular weight excluding hydrogens is 304 g/mol. The van der Waals surface area contributed by atoms with Crippen molar-refractivity contribution in [2.75, 3.05) is 19.7 Å². The van der Waals surface area contributed by atoms with Crippen molar-refractivity contribution in [2.24, 2.45) is 11.3 Å². The topological polar surface area (TPSA) is 69.6 Å². The summed E-state index contributed by atoms with van der Waals surface area (Å²) in [6, 6.07) is 9.09. The van der Waals surface area contributed by atoms with Crippen LogP contribution in [0.1, 0.15) is 44.0 Å². The molecule has 0 aliphatic carbocycles. The van der Waals surface area contributed by atoms with Crippen molar-refractivity contribution >= 4 is 11.8 Å². The monoisotopic (exact) mass is 332 g/mol. The van der Waals surface area contributed by atoms with Crippen LogP contribution in [-0.4, -0.2) is 47.6 Å². The molecule has 24 heavy (non-hydrogen) atoms. The van der Waals surface area contributed by atoms with Gasteiger partial charge < -0.3 is 15.3 Å². The van der Waals surface area contributed by atoms with Gasteiger partial charge in [0.15, 0.2) is 0 Å². The van der Waals surface area contributed by atoms with Gasteiger partial charge in [0.25, 0.3) is 5.91 Å². The van der Waals surface area contributed by atoms with Gasteiger partial charge in [-0.1, -0.05) is 25.1 Å². The third-order valence-electron chi connectivity index (χ3n) is 5.05. The van der Waals surface area contributed by atoms with Crippen LogP contribution < -0.4 is 5.32 Å². The lowest BCUT2D eigenvalue weighted by Crippen LogP contribution is -2.54. The molecule has 0 aromatic heterocycles. The molecule has 1 saturated heterocycles. The molecule has 2 rings (SSSR count). The van der Waals surface area contributed by atoms with Crippen molar-refractivity contribution in [3.05, 3.63) is 35.9 Å². The van der Waals surface area contributed by atoms with Crippen molar-refractivity contribution in [1.29, 1.82) is 0 Å². The summed E-state index contributed by atoms with van der Waals surface area (Å²) in [4.78, 5) is 27.1. The summed E-state index contributed by atoms with van der Waals surface area (Å²) in [6.07, 6.45) is 1.57. The number of likely N-dealkylation sites (tertiary alicyclic amines) is 1. The lowest BCUT2D eigenvalue weighted by molar-refractivity contribution is -0.133. The molecule has 1 aliphatic rings. The highest BCUT2D eigenvalue weighted by molar-refractivity contribution is 5.95. The first kappa shape index (κ1) is 18.5.